The summed E-state index contributed by atoms with van der Waals surface area (Å²) in [6.45, 7) is 4.92. The molecule has 30 heavy (non-hydrogen) atoms. The van der Waals surface area contributed by atoms with Crippen molar-refractivity contribution in [3.63, 3.8) is 0 Å². The second-order valence-electron chi connectivity index (χ2n) is 7.22. The molecular formula is C22H19N7O. The van der Waals surface area contributed by atoms with Gasteiger partial charge in [0.1, 0.15) is 18.6 Å². The van der Waals surface area contributed by atoms with Crippen molar-refractivity contribution in [2.75, 3.05) is 7.11 Å². The van der Waals surface area contributed by atoms with Gasteiger partial charge in [0, 0.05) is 25.1 Å². The van der Waals surface area contributed by atoms with Crippen LogP contribution in [-0.2, 0) is 17.9 Å². The molecule has 0 fully saturated rings. The first-order valence-corrected chi connectivity index (χ1v) is 9.53. The van der Waals surface area contributed by atoms with Gasteiger partial charge in [-0.2, -0.15) is 0 Å². The van der Waals surface area contributed by atoms with Crippen molar-refractivity contribution >= 4 is 0 Å². The van der Waals surface area contributed by atoms with Crippen LogP contribution in [0.15, 0.2) is 36.9 Å². The van der Waals surface area contributed by atoms with Gasteiger partial charge in [0.25, 0.3) is 0 Å². The van der Waals surface area contributed by atoms with E-state index < -0.39 is 0 Å². The zero-order valence-electron chi connectivity index (χ0n) is 16.9. The molecule has 0 spiro atoms. The van der Waals surface area contributed by atoms with Crippen molar-refractivity contribution in [2.45, 2.75) is 27.0 Å². The summed E-state index contributed by atoms with van der Waals surface area (Å²) >= 11 is 0. The Kier molecular flexibility index (Phi) is 4.38. The van der Waals surface area contributed by atoms with Crippen LogP contribution in [0.25, 0.3) is 17.1 Å². The van der Waals surface area contributed by atoms with Gasteiger partial charge in [0.15, 0.2) is 11.6 Å². The summed E-state index contributed by atoms with van der Waals surface area (Å²) in [5.41, 5.74) is 5.78. The lowest BCUT2D eigenvalue weighted by Crippen LogP contribution is -2.09. The van der Waals surface area contributed by atoms with Crippen molar-refractivity contribution in [2.24, 2.45) is 0 Å². The highest BCUT2D eigenvalue weighted by atomic mass is 16.5. The normalized spacial score (nSPS) is 11.7. The topological polar surface area (TPSA) is 83.5 Å². The first-order chi connectivity index (χ1) is 14.6. The zero-order valence-corrected chi connectivity index (χ0v) is 16.9. The Balaban J connectivity index is 1.67. The van der Waals surface area contributed by atoms with Gasteiger partial charge in [0.2, 0.25) is 5.82 Å². The molecule has 1 aromatic carbocycles. The quantitative estimate of drug-likeness (QED) is 0.426. The molecular weight excluding hydrogens is 378 g/mol. The molecule has 0 N–H and O–H groups in total. The molecule has 0 bridgehead atoms. The van der Waals surface area contributed by atoms with Crippen LogP contribution in [0.5, 0.6) is 0 Å². The van der Waals surface area contributed by atoms with E-state index in [9.17, 15) is 0 Å². The Hall–Kier alpha value is -3.83. The molecule has 8 heteroatoms. The van der Waals surface area contributed by atoms with Crippen molar-refractivity contribution in [1.29, 1.82) is 0 Å². The van der Waals surface area contributed by atoms with Gasteiger partial charge in [-0.05, 0) is 43.4 Å². The van der Waals surface area contributed by atoms with Crippen LogP contribution >= 0.6 is 0 Å². The molecule has 0 aliphatic carbocycles. The van der Waals surface area contributed by atoms with Crippen LogP contribution in [-0.4, -0.2) is 41.4 Å². The van der Waals surface area contributed by atoms with Gasteiger partial charge >= 0.3 is 0 Å². The number of aryl methyl sites for hydroxylation is 2. The molecule has 4 heterocycles. The number of benzene rings is 1. The second kappa shape index (κ2) is 7.21. The van der Waals surface area contributed by atoms with E-state index in [0.29, 0.717) is 24.7 Å². The molecule has 0 amide bonds. The van der Waals surface area contributed by atoms with Crippen molar-refractivity contribution < 1.29 is 4.74 Å². The highest BCUT2D eigenvalue weighted by Crippen LogP contribution is 2.32. The number of hydrogen-bond acceptors (Lipinski definition) is 6. The van der Waals surface area contributed by atoms with Crippen LogP contribution in [0, 0.1) is 25.7 Å². The van der Waals surface area contributed by atoms with Gasteiger partial charge in [-0.25, -0.2) is 15.0 Å². The molecule has 0 atom stereocenters. The van der Waals surface area contributed by atoms with Gasteiger partial charge in [-0.15, -0.1) is 10.2 Å². The number of ether oxygens (including phenoxy) is 1. The van der Waals surface area contributed by atoms with Crippen LogP contribution in [0.3, 0.4) is 0 Å². The van der Waals surface area contributed by atoms with Gasteiger partial charge < -0.3 is 9.30 Å². The molecule has 1 aliphatic heterocycles. The Labute approximate surface area is 173 Å². The number of rotatable bonds is 2. The monoisotopic (exact) mass is 397 g/mol. The Morgan fingerprint density at radius 3 is 2.67 bits per heavy atom. The minimum Gasteiger partial charge on any atom is -0.377 e. The Bertz CT molecular complexity index is 1310. The largest absolute Gasteiger partial charge is 0.377 e. The number of imidazole rings is 1. The first kappa shape index (κ1) is 18.2. The maximum Gasteiger partial charge on any atom is 0.205 e. The third-order valence-corrected chi connectivity index (χ3v) is 5.00. The third kappa shape index (κ3) is 3.06. The molecule has 3 aromatic heterocycles. The smallest absolute Gasteiger partial charge is 0.205 e. The number of hydrogen-bond donors (Lipinski definition) is 0. The molecule has 0 saturated carbocycles. The number of nitrogens with zero attached hydrogens (tertiary/aromatic N) is 7. The average Bonchev–Trinajstić information content (AvgIpc) is 3.29. The van der Waals surface area contributed by atoms with Crippen molar-refractivity contribution in [3.8, 4) is 28.9 Å². The summed E-state index contributed by atoms with van der Waals surface area (Å²) in [7, 11) is 1.65. The number of aromatic nitrogens is 7. The van der Waals surface area contributed by atoms with Gasteiger partial charge in [0.05, 0.1) is 17.9 Å². The van der Waals surface area contributed by atoms with E-state index in [4.69, 9.17) is 4.74 Å². The molecule has 0 radical (unpaired) electrons. The fourth-order valence-electron chi connectivity index (χ4n) is 3.53. The minimum atomic E-state index is 0.376. The van der Waals surface area contributed by atoms with E-state index in [1.807, 2.05) is 6.92 Å². The molecule has 1 aliphatic rings. The lowest BCUT2D eigenvalue weighted by molar-refractivity contribution is 0.174. The highest BCUT2D eigenvalue weighted by molar-refractivity contribution is 5.70. The predicted octanol–water partition coefficient (Wildman–Crippen LogP) is 2.45. The summed E-state index contributed by atoms with van der Waals surface area (Å²) in [5, 5.41) is 8.80. The van der Waals surface area contributed by atoms with E-state index in [1.54, 1.807) is 25.8 Å². The van der Waals surface area contributed by atoms with E-state index in [1.165, 1.54) is 0 Å². The number of methoxy groups -OCH3 is 1. The highest BCUT2D eigenvalue weighted by Gasteiger charge is 2.25. The minimum absolute atomic E-state index is 0.376. The van der Waals surface area contributed by atoms with Crippen molar-refractivity contribution in [1.82, 2.24) is 34.3 Å². The van der Waals surface area contributed by atoms with Crippen LogP contribution in [0.4, 0.5) is 0 Å². The maximum absolute atomic E-state index is 5.33. The summed E-state index contributed by atoms with van der Waals surface area (Å²) in [5.74, 6) is 8.20. The van der Waals surface area contributed by atoms with Crippen LogP contribution < -0.4 is 0 Å². The third-order valence-electron chi connectivity index (χ3n) is 5.00. The fourth-order valence-corrected chi connectivity index (χ4v) is 3.53. The molecule has 8 nitrogen and oxygen atoms in total. The number of fused-ring (bicyclic) bond motifs is 5. The maximum atomic E-state index is 5.33. The lowest BCUT2D eigenvalue weighted by Gasteiger charge is -2.08. The van der Waals surface area contributed by atoms with Gasteiger partial charge in [-0.3, -0.25) is 4.57 Å². The standard InChI is InChI=1S/C22H19N7O/c1-14-4-6-18-16(8-14)22-27-26-21(12-30-3)28(22)11-19-17(25-13-29(18)19)5-7-20-23-9-15(2)10-24-20/h4,6,8-10,13H,11-12H2,1-3H3. The van der Waals surface area contributed by atoms with Crippen molar-refractivity contribution in [3.05, 3.63) is 71.1 Å². The predicted molar refractivity (Wildman–Crippen MR) is 110 cm³/mol. The summed E-state index contributed by atoms with van der Waals surface area (Å²) in [6, 6.07) is 6.28. The Morgan fingerprint density at radius 2 is 1.87 bits per heavy atom. The molecule has 4 aromatic rings. The summed E-state index contributed by atoms with van der Waals surface area (Å²) in [6.07, 6.45) is 5.31. The molecule has 0 unspecified atom stereocenters. The van der Waals surface area contributed by atoms with Crippen LogP contribution in [0.1, 0.15) is 34.2 Å². The van der Waals surface area contributed by atoms with E-state index in [-0.39, 0.29) is 0 Å². The summed E-state index contributed by atoms with van der Waals surface area (Å²) in [4.78, 5) is 13.1. The Morgan fingerprint density at radius 1 is 1.03 bits per heavy atom. The van der Waals surface area contributed by atoms with E-state index in [0.717, 1.165) is 39.7 Å². The summed E-state index contributed by atoms with van der Waals surface area (Å²) < 4.78 is 9.46. The fraction of sp³-hybridized carbons (Fsp3) is 0.227. The molecule has 5 rings (SSSR count). The van der Waals surface area contributed by atoms with Gasteiger partial charge in [-0.1, -0.05) is 11.6 Å². The van der Waals surface area contributed by atoms with Crippen LogP contribution in [0.2, 0.25) is 0 Å². The first-order valence-electron chi connectivity index (χ1n) is 9.53. The SMILES string of the molecule is COCc1nnc2n1Cc1c(C#Cc3ncc(C)cn3)ncn1-c1ccc(C)cc1-2. The molecule has 148 valence electrons. The second-order valence-corrected chi connectivity index (χ2v) is 7.22. The molecule has 0 saturated heterocycles. The van der Waals surface area contributed by atoms with E-state index in [2.05, 4.69) is 71.2 Å². The zero-order chi connectivity index (χ0) is 20.7. The lowest BCUT2D eigenvalue weighted by atomic mass is 10.1. The average molecular weight is 397 g/mol. The van der Waals surface area contributed by atoms with E-state index >= 15 is 0 Å².